The summed E-state index contributed by atoms with van der Waals surface area (Å²) >= 11 is 0. The average Bonchev–Trinajstić information content (AvgIpc) is 3.24. The fourth-order valence-electron chi connectivity index (χ4n) is 3.21. The molecule has 2 aromatic carbocycles. The molecule has 0 aliphatic carbocycles. The Morgan fingerprint density at radius 1 is 1.07 bits per heavy atom. The van der Waals surface area contributed by atoms with Crippen LogP contribution in [0, 0.1) is 5.82 Å². The number of benzene rings is 2. The smallest absolute Gasteiger partial charge is 0.254 e. The van der Waals surface area contributed by atoms with E-state index in [1.165, 1.54) is 19.2 Å². The molecular weight excluding hydrogens is 363 g/mol. The third-order valence-corrected chi connectivity index (χ3v) is 4.70. The number of carbonyl (C=O) groups is 1. The second kappa shape index (κ2) is 7.63. The summed E-state index contributed by atoms with van der Waals surface area (Å²) in [6, 6.07) is 13.9. The summed E-state index contributed by atoms with van der Waals surface area (Å²) in [6.45, 7) is 2.15. The van der Waals surface area contributed by atoms with Crippen molar-refractivity contribution in [2.24, 2.45) is 0 Å². The minimum Gasteiger partial charge on any atom is -0.494 e. The maximum absolute atomic E-state index is 13.9. The van der Waals surface area contributed by atoms with Crippen molar-refractivity contribution in [3.63, 3.8) is 0 Å². The van der Waals surface area contributed by atoms with Crippen molar-refractivity contribution < 1.29 is 13.9 Å². The van der Waals surface area contributed by atoms with Gasteiger partial charge in [0.15, 0.2) is 11.6 Å². The maximum Gasteiger partial charge on any atom is 0.254 e. The number of piperazine rings is 1. The molecule has 1 aliphatic heterocycles. The van der Waals surface area contributed by atoms with Crippen molar-refractivity contribution in [2.75, 3.05) is 38.2 Å². The highest BCUT2D eigenvalue weighted by Crippen LogP contribution is 2.21. The third-order valence-electron chi connectivity index (χ3n) is 4.70. The lowest BCUT2D eigenvalue weighted by atomic mass is 10.1. The predicted molar refractivity (Wildman–Crippen MR) is 100 cm³/mol. The fraction of sp³-hybridized carbons (Fsp3) is 0.263. The van der Waals surface area contributed by atoms with Crippen LogP contribution in [0.5, 0.6) is 5.75 Å². The monoisotopic (exact) mass is 382 g/mol. The number of rotatable bonds is 4. The van der Waals surface area contributed by atoms with Gasteiger partial charge in [0.1, 0.15) is 0 Å². The van der Waals surface area contributed by atoms with Gasteiger partial charge in [-0.25, -0.2) is 4.39 Å². The average molecular weight is 382 g/mol. The van der Waals surface area contributed by atoms with E-state index in [0.29, 0.717) is 37.7 Å². The van der Waals surface area contributed by atoms with Crippen LogP contribution in [0.2, 0.25) is 0 Å². The lowest BCUT2D eigenvalue weighted by Gasteiger charge is -2.34. The van der Waals surface area contributed by atoms with Gasteiger partial charge in [0.25, 0.3) is 5.91 Å². The van der Waals surface area contributed by atoms with E-state index in [4.69, 9.17) is 4.74 Å². The van der Waals surface area contributed by atoms with Gasteiger partial charge in [-0.15, -0.1) is 0 Å². The van der Waals surface area contributed by atoms with Gasteiger partial charge < -0.3 is 14.5 Å². The normalized spacial score (nSPS) is 14.2. The van der Waals surface area contributed by atoms with E-state index < -0.39 is 5.82 Å². The molecule has 0 radical (unpaired) electrons. The Labute approximate surface area is 161 Å². The Bertz CT molecular complexity index is 970. The van der Waals surface area contributed by atoms with Gasteiger partial charge in [-0.05, 0) is 40.8 Å². The van der Waals surface area contributed by atoms with E-state index in [1.807, 2.05) is 35.2 Å². The summed E-state index contributed by atoms with van der Waals surface area (Å²) in [7, 11) is 1.39. The Balaban J connectivity index is 1.45. The van der Waals surface area contributed by atoms with Gasteiger partial charge in [-0.2, -0.15) is 4.68 Å². The summed E-state index contributed by atoms with van der Waals surface area (Å²) in [5.74, 6) is 0.000728. The number of para-hydroxylation sites is 1. The van der Waals surface area contributed by atoms with Crippen LogP contribution >= 0.6 is 0 Å². The molecule has 2 heterocycles. The minimum atomic E-state index is -0.547. The van der Waals surface area contributed by atoms with Crippen molar-refractivity contribution >= 4 is 11.9 Å². The number of tetrazole rings is 1. The van der Waals surface area contributed by atoms with E-state index in [1.54, 1.807) is 15.6 Å². The van der Waals surface area contributed by atoms with E-state index >= 15 is 0 Å². The Hall–Kier alpha value is -3.49. The third kappa shape index (κ3) is 3.38. The SMILES string of the molecule is COc1ccc(C(=O)N2CCN(c3nnnn3-c3ccccc3)CC2)cc1F. The van der Waals surface area contributed by atoms with Gasteiger partial charge in [0.2, 0.25) is 5.95 Å². The zero-order valence-electron chi connectivity index (χ0n) is 15.3. The van der Waals surface area contributed by atoms with Crippen molar-refractivity contribution in [2.45, 2.75) is 0 Å². The predicted octanol–water partition coefficient (Wildman–Crippen LogP) is 1.77. The molecule has 0 atom stereocenters. The van der Waals surface area contributed by atoms with Crippen LogP contribution in [0.15, 0.2) is 48.5 Å². The second-order valence-electron chi connectivity index (χ2n) is 6.35. The van der Waals surface area contributed by atoms with E-state index in [2.05, 4.69) is 15.5 Å². The number of carbonyl (C=O) groups excluding carboxylic acids is 1. The van der Waals surface area contributed by atoms with Gasteiger partial charge in [-0.1, -0.05) is 23.3 Å². The first-order valence-corrected chi connectivity index (χ1v) is 8.89. The van der Waals surface area contributed by atoms with E-state index in [-0.39, 0.29) is 11.7 Å². The second-order valence-corrected chi connectivity index (χ2v) is 6.35. The first-order chi connectivity index (χ1) is 13.7. The molecule has 0 unspecified atom stereocenters. The van der Waals surface area contributed by atoms with Crippen LogP contribution in [-0.4, -0.2) is 64.3 Å². The first-order valence-electron chi connectivity index (χ1n) is 8.89. The molecule has 3 aromatic rings. The number of methoxy groups -OCH3 is 1. The number of nitrogens with zero attached hydrogens (tertiary/aromatic N) is 6. The summed E-state index contributed by atoms with van der Waals surface area (Å²) in [6.07, 6.45) is 0. The number of aromatic nitrogens is 4. The Morgan fingerprint density at radius 2 is 1.82 bits per heavy atom. The van der Waals surface area contributed by atoms with Gasteiger partial charge in [-0.3, -0.25) is 4.79 Å². The number of hydrogen-bond donors (Lipinski definition) is 0. The molecule has 1 aliphatic rings. The van der Waals surface area contributed by atoms with Crippen LogP contribution in [0.4, 0.5) is 10.3 Å². The van der Waals surface area contributed by atoms with Crippen molar-refractivity contribution in [1.29, 1.82) is 0 Å². The standard InChI is InChI=1S/C19H19FN6O2/c1-28-17-8-7-14(13-16(17)20)18(27)24-9-11-25(12-10-24)19-21-22-23-26(19)15-5-3-2-4-6-15/h2-8,13H,9-12H2,1H3. The number of halogens is 1. The molecule has 8 nitrogen and oxygen atoms in total. The molecule has 0 spiro atoms. The lowest BCUT2D eigenvalue weighted by Crippen LogP contribution is -2.49. The highest BCUT2D eigenvalue weighted by Gasteiger charge is 2.26. The van der Waals surface area contributed by atoms with Crippen LogP contribution in [0.1, 0.15) is 10.4 Å². The number of hydrogen-bond acceptors (Lipinski definition) is 6. The first kappa shape index (κ1) is 17.9. The van der Waals surface area contributed by atoms with Crippen LogP contribution < -0.4 is 9.64 Å². The van der Waals surface area contributed by atoms with Crippen LogP contribution in [-0.2, 0) is 0 Å². The minimum absolute atomic E-state index is 0.120. The molecule has 1 fully saturated rings. The van der Waals surface area contributed by atoms with Crippen molar-refractivity contribution in [3.8, 4) is 11.4 Å². The zero-order chi connectivity index (χ0) is 19.5. The molecule has 1 aromatic heterocycles. The molecule has 4 rings (SSSR count). The molecule has 1 amide bonds. The van der Waals surface area contributed by atoms with Gasteiger partial charge >= 0.3 is 0 Å². The molecule has 0 saturated carbocycles. The molecule has 0 N–H and O–H groups in total. The number of amides is 1. The molecular formula is C19H19FN6O2. The fourth-order valence-corrected chi connectivity index (χ4v) is 3.21. The highest BCUT2D eigenvalue weighted by atomic mass is 19.1. The maximum atomic E-state index is 13.9. The highest BCUT2D eigenvalue weighted by molar-refractivity contribution is 5.94. The summed E-state index contributed by atoms with van der Waals surface area (Å²) in [4.78, 5) is 16.4. The van der Waals surface area contributed by atoms with Gasteiger partial charge in [0, 0.05) is 31.7 Å². The van der Waals surface area contributed by atoms with Crippen LogP contribution in [0.25, 0.3) is 5.69 Å². The molecule has 9 heteroatoms. The number of anilines is 1. The van der Waals surface area contributed by atoms with E-state index in [9.17, 15) is 9.18 Å². The van der Waals surface area contributed by atoms with Crippen molar-refractivity contribution in [3.05, 3.63) is 59.9 Å². The van der Waals surface area contributed by atoms with Gasteiger partial charge in [0.05, 0.1) is 12.8 Å². The molecule has 144 valence electrons. The largest absolute Gasteiger partial charge is 0.494 e. The topological polar surface area (TPSA) is 76.4 Å². The Morgan fingerprint density at radius 3 is 2.50 bits per heavy atom. The van der Waals surface area contributed by atoms with E-state index in [0.717, 1.165) is 5.69 Å². The quantitative estimate of drug-likeness (QED) is 0.685. The summed E-state index contributed by atoms with van der Waals surface area (Å²) < 4.78 is 20.5. The molecule has 1 saturated heterocycles. The molecule has 28 heavy (non-hydrogen) atoms. The summed E-state index contributed by atoms with van der Waals surface area (Å²) in [5.41, 5.74) is 1.18. The Kier molecular flexibility index (Phi) is 4.88. The zero-order valence-corrected chi connectivity index (χ0v) is 15.3. The molecule has 0 bridgehead atoms. The van der Waals surface area contributed by atoms with Crippen LogP contribution in [0.3, 0.4) is 0 Å². The summed E-state index contributed by atoms with van der Waals surface area (Å²) in [5, 5.41) is 12.0. The van der Waals surface area contributed by atoms with Crippen molar-refractivity contribution in [1.82, 2.24) is 25.1 Å². The number of ether oxygens (including phenoxy) is 1. The lowest BCUT2D eigenvalue weighted by molar-refractivity contribution is 0.0745.